The molecule has 0 aliphatic rings. The molecule has 1 aromatic heterocycles. The lowest BCUT2D eigenvalue weighted by atomic mass is 10.1. The van der Waals surface area contributed by atoms with Crippen LogP contribution >= 0.6 is 24.0 Å². The van der Waals surface area contributed by atoms with Crippen molar-refractivity contribution in [1.29, 1.82) is 0 Å². The first-order valence-corrected chi connectivity index (χ1v) is 6.87. The molecule has 0 aliphatic heterocycles. The maximum atomic E-state index is 5.87. The second-order valence-electron chi connectivity index (χ2n) is 4.55. The van der Waals surface area contributed by atoms with Gasteiger partial charge in [0, 0.05) is 11.8 Å². The number of rotatable bonds is 5. The number of pyridine rings is 1. The lowest BCUT2D eigenvalue weighted by Crippen LogP contribution is -2.22. The zero-order chi connectivity index (χ0) is 15.1. The van der Waals surface area contributed by atoms with E-state index in [-0.39, 0.29) is 24.0 Å². The van der Waals surface area contributed by atoms with Gasteiger partial charge in [-0.3, -0.25) is 0 Å². The van der Waals surface area contributed by atoms with Gasteiger partial charge in [-0.1, -0.05) is 25.1 Å². The number of aryl methyl sites for hydroxylation is 1. The van der Waals surface area contributed by atoms with Gasteiger partial charge in [0.15, 0.2) is 5.96 Å². The third kappa shape index (κ3) is 5.51. The average molecular weight is 412 g/mol. The number of ether oxygens (including phenoxy) is 1. The van der Waals surface area contributed by atoms with E-state index in [2.05, 4.69) is 34.3 Å². The minimum absolute atomic E-state index is 0. The van der Waals surface area contributed by atoms with Gasteiger partial charge in [-0.2, -0.15) is 0 Å². The van der Waals surface area contributed by atoms with Crippen LogP contribution in [0.2, 0.25) is 0 Å². The number of halogens is 1. The van der Waals surface area contributed by atoms with Crippen LogP contribution < -0.4 is 15.8 Å². The Labute approximate surface area is 148 Å². The molecule has 22 heavy (non-hydrogen) atoms. The average Bonchev–Trinajstić information content (AvgIpc) is 2.54. The van der Waals surface area contributed by atoms with E-state index < -0.39 is 0 Å². The molecule has 0 saturated heterocycles. The summed E-state index contributed by atoms with van der Waals surface area (Å²) in [6, 6.07) is 13.7. The largest absolute Gasteiger partial charge is 0.481 e. The number of hydrogen-bond donors (Lipinski definition) is 2. The number of nitrogens with one attached hydrogen (secondary N) is 1. The Kier molecular flexibility index (Phi) is 7.65. The quantitative estimate of drug-likeness (QED) is 0.450. The van der Waals surface area contributed by atoms with Crippen LogP contribution in [0.25, 0.3) is 0 Å². The normalized spacial score (nSPS) is 10.7. The van der Waals surface area contributed by atoms with E-state index in [1.165, 1.54) is 5.56 Å². The molecule has 0 fully saturated rings. The standard InChI is InChI=1S/C16H20N4O.HI/c1-3-12-7-9-13(10-8-12)20-16(17)18-11-14-5-4-6-15(19-14)21-2;/h4-10H,3,11H2,1-2H3,(H3,17,18,20);1H. The van der Waals surface area contributed by atoms with Crippen molar-refractivity contribution in [2.75, 3.05) is 12.4 Å². The van der Waals surface area contributed by atoms with Gasteiger partial charge in [-0.15, -0.1) is 24.0 Å². The maximum absolute atomic E-state index is 5.87. The first-order valence-electron chi connectivity index (χ1n) is 6.87. The SMILES string of the molecule is CCc1ccc(NC(N)=NCc2cccc(OC)n2)cc1.I. The molecule has 5 nitrogen and oxygen atoms in total. The molecule has 0 amide bonds. The van der Waals surface area contributed by atoms with E-state index in [0.717, 1.165) is 17.8 Å². The van der Waals surface area contributed by atoms with Gasteiger partial charge in [0.1, 0.15) is 0 Å². The number of nitrogens with two attached hydrogens (primary N) is 1. The summed E-state index contributed by atoms with van der Waals surface area (Å²) in [5, 5.41) is 3.06. The van der Waals surface area contributed by atoms with E-state index in [9.17, 15) is 0 Å². The van der Waals surface area contributed by atoms with Gasteiger partial charge >= 0.3 is 0 Å². The Morgan fingerprint density at radius 3 is 2.59 bits per heavy atom. The number of hydrogen-bond acceptors (Lipinski definition) is 3. The fourth-order valence-electron chi connectivity index (χ4n) is 1.84. The van der Waals surface area contributed by atoms with Gasteiger partial charge in [0.2, 0.25) is 5.88 Å². The first-order chi connectivity index (χ1) is 10.2. The zero-order valence-corrected chi connectivity index (χ0v) is 15.1. The summed E-state index contributed by atoms with van der Waals surface area (Å²) < 4.78 is 5.07. The van der Waals surface area contributed by atoms with Crippen LogP contribution in [0.15, 0.2) is 47.5 Å². The zero-order valence-electron chi connectivity index (χ0n) is 12.7. The summed E-state index contributed by atoms with van der Waals surface area (Å²) in [5.74, 6) is 0.938. The Bertz CT molecular complexity index is 614. The summed E-state index contributed by atoms with van der Waals surface area (Å²) in [4.78, 5) is 8.55. The lowest BCUT2D eigenvalue weighted by Gasteiger charge is -2.06. The summed E-state index contributed by atoms with van der Waals surface area (Å²) in [7, 11) is 1.59. The molecule has 0 aliphatic carbocycles. The lowest BCUT2D eigenvalue weighted by molar-refractivity contribution is 0.396. The molecule has 0 unspecified atom stereocenters. The molecule has 118 valence electrons. The number of anilines is 1. The third-order valence-corrected chi connectivity index (χ3v) is 3.04. The van der Waals surface area contributed by atoms with Gasteiger partial charge in [-0.25, -0.2) is 9.98 Å². The summed E-state index contributed by atoms with van der Waals surface area (Å²) in [6.45, 7) is 2.53. The molecule has 6 heteroatoms. The van der Waals surface area contributed by atoms with Crippen molar-refractivity contribution in [3.63, 3.8) is 0 Å². The molecule has 0 atom stereocenters. The molecule has 3 N–H and O–H groups in total. The van der Waals surface area contributed by atoms with Gasteiger partial charge in [-0.05, 0) is 30.2 Å². The molecule has 1 aromatic carbocycles. The predicted octanol–water partition coefficient (Wildman–Crippen LogP) is 3.20. The van der Waals surface area contributed by atoms with Crippen LogP contribution in [0, 0.1) is 0 Å². The van der Waals surface area contributed by atoms with Crippen LogP contribution in [0.1, 0.15) is 18.2 Å². The molecule has 2 aromatic rings. The van der Waals surface area contributed by atoms with E-state index in [0.29, 0.717) is 18.4 Å². The van der Waals surface area contributed by atoms with Crippen molar-refractivity contribution >= 4 is 35.6 Å². The van der Waals surface area contributed by atoms with Gasteiger partial charge in [0.25, 0.3) is 0 Å². The molecule has 0 bridgehead atoms. The van der Waals surface area contributed by atoms with E-state index in [4.69, 9.17) is 10.5 Å². The maximum Gasteiger partial charge on any atom is 0.213 e. The minimum Gasteiger partial charge on any atom is -0.481 e. The number of guanidine groups is 1. The molecule has 1 heterocycles. The summed E-state index contributed by atoms with van der Waals surface area (Å²) >= 11 is 0. The van der Waals surface area contributed by atoms with Crippen molar-refractivity contribution in [2.24, 2.45) is 10.7 Å². The topological polar surface area (TPSA) is 72.5 Å². The van der Waals surface area contributed by atoms with Crippen molar-refractivity contribution < 1.29 is 4.74 Å². The van der Waals surface area contributed by atoms with Crippen LogP contribution in [-0.4, -0.2) is 18.1 Å². The van der Waals surface area contributed by atoms with E-state index >= 15 is 0 Å². The second-order valence-corrected chi connectivity index (χ2v) is 4.55. The number of benzene rings is 1. The number of aliphatic imine (C=N–C) groups is 1. The number of nitrogens with zero attached hydrogens (tertiary/aromatic N) is 2. The van der Waals surface area contributed by atoms with Crippen LogP contribution in [0.5, 0.6) is 5.88 Å². The van der Waals surface area contributed by atoms with Crippen molar-refractivity contribution in [2.45, 2.75) is 19.9 Å². The Morgan fingerprint density at radius 1 is 1.23 bits per heavy atom. The highest BCUT2D eigenvalue weighted by molar-refractivity contribution is 14.0. The highest BCUT2D eigenvalue weighted by Gasteiger charge is 1.98. The Hall–Kier alpha value is -1.83. The van der Waals surface area contributed by atoms with E-state index in [1.807, 2.05) is 24.3 Å². The molecular formula is C16H21IN4O. The number of aromatic nitrogens is 1. The van der Waals surface area contributed by atoms with Crippen LogP contribution in [0.3, 0.4) is 0 Å². The summed E-state index contributed by atoms with van der Waals surface area (Å²) in [6.07, 6.45) is 1.02. The van der Waals surface area contributed by atoms with Crippen LogP contribution in [0.4, 0.5) is 5.69 Å². The first kappa shape index (κ1) is 18.2. The predicted molar refractivity (Wildman–Crippen MR) is 101 cm³/mol. The second kappa shape index (κ2) is 9.24. The Balaban J connectivity index is 0.00000242. The molecule has 2 rings (SSSR count). The fraction of sp³-hybridized carbons (Fsp3) is 0.250. The van der Waals surface area contributed by atoms with Gasteiger partial charge < -0.3 is 15.8 Å². The smallest absolute Gasteiger partial charge is 0.213 e. The molecule has 0 radical (unpaired) electrons. The van der Waals surface area contributed by atoms with Crippen molar-refractivity contribution in [3.05, 3.63) is 53.7 Å². The van der Waals surface area contributed by atoms with Crippen molar-refractivity contribution in [1.82, 2.24) is 4.98 Å². The van der Waals surface area contributed by atoms with Gasteiger partial charge in [0.05, 0.1) is 19.3 Å². The Morgan fingerprint density at radius 2 is 1.95 bits per heavy atom. The van der Waals surface area contributed by atoms with Crippen molar-refractivity contribution in [3.8, 4) is 5.88 Å². The molecule has 0 spiro atoms. The molecule has 0 saturated carbocycles. The minimum atomic E-state index is 0. The summed E-state index contributed by atoms with van der Waals surface area (Å²) in [5.41, 5.74) is 8.89. The van der Waals surface area contributed by atoms with Crippen LogP contribution in [-0.2, 0) is 13.0 Å². The molecular weight excluding hydrogens is 391 g/mol. The van der Waals surface area contributed by atoms with E-state index in [1.54, 1.807) is 13.2 Å². The third-order valence-electron chi connectivity index (χ3n) is 3.04. The number of methoxy groups -OCH3 is 1. The highest BCUT2D eigenvalue weighted by atomic mass is 127. The fourth-order valence-corrected chi connectivity index (χ4v) is 1.84. The highest BCUT2D eigenvalue weighted by Crippen LogP contribution is 2.10. The monoisotopic (exact) mass is 412 g/mol.